The molecular weight excluding hydrogens is 286 g/mol. The van der Waals surface area contributed by atoms with Gasteiger partial charge >= 0.3 is 0 Å². The number of aliphatic imine (C=N–C) groups is 1. The van der Waals surface area contributed by atoms with E-state index in [1.807, 2.05) is 18.2 Å². The highest BCUT2D eigenvalue weighted by Gasteiger charge is 2.11. The number of nitrogens with two attached hydrogens (primary N) is 1. The number of benzene rings is 1. The summed E-state index contributed by atoms with van der Waals surface area (Å²) in [7, 11) is 0. The van der Waals surface area contributed by atoms with Crippen LogP contribution in [0, 0.1) is 0 Å². The first kappa shape index (κ1) is 17.8. The topological polar surface area (TPSA) is 59.6 Å². The number of rotatable bonds is 8. The molecule has 2 rings (SSSR count). The summed E-state index contributed by atoms with van der Waals surface area (Å²) in [5.41, 5.74) is 7.20. The van der Waals surface area contributed by atoms with E-state index in [1.165, 1.54) is 44.1 Å². The summed E-state index contributed by atoms with van der Waals surface area (Å²) in [6.45, 7) is 2.25. The van der Waals surface area contributed by atoms with Gasteiger partial charge in [-0.1, -0.05) is 56.0 Å². The molecule has 0 heterocycles. The van der Waals surface area contributed by atoms with Gasteiger partial charge in [-0.2, -0.15) is 0 Å². The summed E-state index contributed by atoms with van der Waals surface area (Å²) in [5, 5.41) is 3.38. The van der Waals surface area contributed by atoms with Crippen molar-refractivity contribution in [2.24, 2.45) is 10.7 Å². The van der Waals surface area contributed by atoms with Crippen molar-refractivity contribution in [1.29, 1.82) is 0 Å². The summed E-state index contributed by atoms with van der Waals surface area (Å²) >= 11 is 0. The van der Waals surface area contributed by atoms with Gasteiger partial charge in [0.2, 0.25) is 0 Å². The van der Waals surface area contributed by atoms with E-state index in [-0.39, 0.29) is 0 Å². The van der Waals surface area contributed by atoms with E-state index in [0.717, 1.165) is 26.0 Å². The molecule has 0 aliphatic heterocycles. The van der Waals surface area contributed by atoms with Crippen molar-refractivity contribution in [2.45, 2.75) is 64.0 Å². The highest BCUT2D eigenvalue weighted by molar-refractivity contribution is 5.78. The van der Waals surface area contributed by atoms with Gasteiger partial charge in [-0.05, 0) is 31.2 Å². The fourth-order valence-corrected chi connectivity index (χ4v) is 2.96. The summed E-state index contributed by atoms with van der Waals surface area (Å²) in [5.74, 6) is 0.613. The van der Waals surface area contributed by atoms with Crippen molar-refractivity contribution in [3.8, 4) is 0 Å². The molecule has 4 heteroatoms. The summed E-state index contributed by atoms with van der Waals surface area (Å²) in [6.07, 6.45) is 9.83. The molecular formula is C19H31N3O. The van der Waals surface area contributed by atoms with Crippen LogP contribution >= 0.6 is 0 Å². The standard InChI is InChI=1S/C19H31N3O/c20-19(22-18-12-6-1-2-7-13-18)21-14-8-9-15-23-16-17-10-4-3-5-11-17/h3-5,10-11,18H,1-2,6-9,12-16H2,(H3,20,21,22). The third-order valence-corrected chi connectivity index (χ3v) is 4.30. The Balaban J connectivity index is 1.50. The van der Waals surface area contributed by atoms with Crippen LogP contribution < -0.4 is 11.1 Å². The molecule has 23 heavy (non-hydrogen) atoms. The van der Waals surface area contributed by atoms with E-state index >= 15 is 0 Å². The maximum Gasteiger partial charge on any atom is 0.188 e. The Kier molecular flexibility index (Phi) is 8.56. The van der Waals surface area contributed by atoms with Gasteiger partial charge in [0, 0.05) is 19.2 Å². The molecule has 1 aliphatic carbocycles. The number of unbranched alkanes of at least 4 members (excludes halogenated alkanes) is 1. The predicted molar refractivity (Wildman–Crippen MR) is 96.4 cm³/mol. The smallest absolute Gasteiger partial charge is 0.188 e. The molecule has 0 aromatic heterocycles. The fraction of sp³-hybridized carbons (Fsp3) is 0.632. The fourth-order valence-electron chi connectivity index (χ4n) is 2.96. The molecule has 0 spiro atoms. The zero-order valence-corrected chi connectivity index (χ0v) is 14.2. The Labute approximate surface area is 140 Å². The quantitative estimate of drug-likeness (QED) is 0.333. The predicted octanol–water partition coefficient (Wildman–Crippen LogP) is 3.61. The average Bonchev–Trinajstić information content (AvgIpc) is 2.83. The molecule has 0 saturated heterocycles. The lowest BCUT2D eigenvalue weighted by molar-refractivity contribution is 0.117. The van der Waals surface area contributed by atoms with E-state index < -0.39 is 0 Å². The van der Waals surface area contributed by atoms with Crippen molar-refractivity contribution in [2.75, 3.05) is 13.2 Å². The third-order valence-electron chi connectivity index (χ3n) is 4.30. The zero-order valence-electron chi connectivity index (χ0n) is 14.2. The lowest BCUT2D eigenvalue weighted by Gasteiger charge is -2.16. The minimum Gasteiger partial charge on any atom is -0.377 e. The number of guanidine groups is 1. The number of nitrogens with one attached hydrogen (secondary N) is 1. The van der Waals surface area contributed by atoms with E-state index in [1.54, 1.807) is 0 Å². The van der Waals surface area contributed by atoms with E-state index in [4.69, 9.17) is 10.5 Å². The lowest BCUT2D eigenvalue weighted by Crippen LogP contribution is -2.39. The van der Waals surface area contributed by atoms with Gasteiger partial charge in [-0.15, -0.1) is 0 Å². The Morgan fingerprint density at radius 1 is 1.09 bits per heavy atom. The molecule has 0 radical (unpaired) electrons. The van der Waals surface area contributed by atoms with Crippen molar-refractivity contribution >= 4 is 5.96 Å². The van der Waals surface area contributed by atoms with Crippen LogP contribution in [0.3, 0.4) is 0 Å². The number of ether oxygens (including phenoxy) is 1. The van der Waals surface area contributed by atoms with Gasteiger partial charge in [0.15, 0.2) is 5.96 Å². The van der Waals surface area contributed by atoms with Crippen molar-refractivity contribution < 1.29 is 4.74 Å². The maximum absolute atomic E-state index is 5.98. The second-order valence-electron chi connectivity index (χ2n) is 6.35. The van der Waals surface area contributed by atoms with Crippen molar-refractivity contribution in [3.63, 3.8) is 0 Å². The van der Waals surface area contributed by atoms with E-state index in [2.05, 4.69) is 22.4 Å². The van der Waals surface area contributed by atoms with E-state index in [0.29, 0.717) is 18.6 Å². The minimum atomic E-state index is 0.524. The largest absolute Gasteiger partial charge is 0.377 e. The Hall–Kier alpha value is -1.55. The number of hydrogen-bond acceptors (Lipinski definition) is 2. The first-order chi connectivity index (χ1) is 11.3. The number of hydrogen-bond donors (Lipinski definition) is 2. The van der Waals surface area contributed by atoms with Crippen molar-refractivity contribution in [1.82, 2.24) is 5.32 Å². The molecule has 1 saturated carbocycles. The minimum absolute atomic E-state index is 0.524. The van der Waals surface area contributed by atoms with Crippen LogP contribution in [0.15, 0.2) is 35.3 Å². The molecule has 0 amide bonds. The SMILES string of the molecule is NC(=NCCCCOCc1ccccc1)NC1CCCCCC1. The molecule has 4 nitrogen and oxygen atoms in total. The van der Waals surface area contributed by atoms with Crippen LogP contribution in [-0.4, -0.2) is 25.2 Å². The third kappa shape index (κ3) is 8.03. The van der Waals surface area contributed by atoms with Crippen LogP contribution in [0.4, 0.5) is 0 Å². The maximum atomic E-state index is 5.98. The van der Waals surface area contributed by atoms with Crippen molar-refractivity contribution in [3.05, 3.63) is 35.9 Å². The molecule has 3 N–H and O–H groups in total. The monoisotopic (exact) mass is 317 g/mol. The summed E-state index contributed by atoms with van der Waals surface area (Å²) in [4.78, 5) is 4.43. The van der Waals surface area contributed by atoms with Crippen LogP contribution in [-0.2, 0) is 11.3 Å². The Bertz CT molecular complexity index is 439. The summed E-state index contributed by atoms with van der Waals surface area (Å²) < 4.78 is 5.67. The summed E-state index contributed by atoms with van der Waals surface area (Å²) in [6, 6.07) is 10.8. The van der Waals surface area contributed by atoms with Crippen LogP contribution in [0.1, 0.15) is 56.9 Å². The second kappa shape index (κ2) is 11.1. The first-order valence-electron chi connectivity index (χ1n) is 9.03. The highest BCUT2D eigenvalue weighted by Crippen LogP contribution is 2.16. The molecule has 0 unspecified atom stereocenters. The zero-order chi connectivity index (χ0) is 16.2. The Morgan fingerprint density at radius 3 is 2.57 bits per heavy atom. The van der Waals surface area contributed by atoms with Gasteiger partial charge in [-0.25, -0.2) is 0 Å². The molecule has 1 aromatic carbocycles. The first-order valence-corrected chi connectivity index (χ1v) is 9.03. The van der Waals surface area contributed by atoms with Gasteiger partial charge in [0.25, 0.3) is 0 Å². The molecule has 0 atom stereocenters. The molecule has 128 valence electrons. The van der Waals surface area contributed by atoms with Gasteiger partial charge in [0.1, 0.15) is 0 Å². The molecule has 0 bridgehead atoms. The van der Waals surface area contributed by atoms with Crippen LogP contribution in [0.5, 0.6) is 0 Å². The molecule has 1 aromatic rings. The molecule has 1 aliphatic rings. The normalized spacial score (nSPS) is 17.0. The van der Waals surface area contributed by atoms with Gasteiger partial charge in [-0.3, -0.25) is 4.99 Å². The van der Waals surface area contributed by atoms with Gasteiger partial charge in [0.05, 0.1) is 6.61 Å². The van der Waals surface area contributed by atoms with Crippen LogP contribution in [0.2, 0.25) is 0 Å². The Morgan fingerprint density at radius 2 is 1.83 bits per heavy atom. The van der Waals surface area contributed by atoms with Crippen LogP contribution in [0.25, 0.3) is 0 Å². The number of nitrogens with zero attached hydrogens (tertiary/aromatic N) is 1. The average molecular weight is 317 g/mol. The lowest BCUT2D eigenvalue weighted by atomic mass is 10.1. The molecule has 1 fully saturated rings. The second-order valence-corrected chi connectivity index (χ2v) is 6.35. The van der Waals surface area contributed by atoms with E-state index in [9.17, 15) is 0 Å². The van der Waals surface area contributed by atoms with Gasteiger partial charge < -0.3 is 15.8 Å². The highest BCUT2D eigenvalue weighted by atomic mass is 16.5.